The standard InChI is InChI=1S/C36H31N.C35H39N.2C34H29N/c1-26-9-14-29(15-10-26)30-19-21-35(22-20-30)37(2)36-8-4-7-33(25-36)32-6-3-5-27(23-32)11-12-28-13-16-31-17-18-34(31)24-28;1-27-13-16-30(17-14-27)31-21-23-34(24-22-31)36(2)35-12-8-11-28(26-35)9-6-4-3-5-7-10-29-15-18-32-19-20-33(32)25-29;1-24-7-3-8-26(19-24)27-9-4-10-28(20-27)29-11-5-13-33(22-29)35(2)34-14-6-12-30(23-34)32-18-16-25-15-17-31(25)21-32;1-24-12-14-25(15-13-24)27-6-3-7-28(20-27)29-8-4-10-33(22-29)35(2)34-11-5-9-30(23-34)32-19-17-26-16-18-31(26)21-32/h3-16,19-25H,17-18H2,1-2H3;8,11-18,21-26H,3-7,9-10,19-20H2,1-2H3;3-14,16,18-23H,15,17H2,1-2H3;3-15,17,19-23H,16,18H2,1-2H3/b12-11+;;;. The third kappa shape index (κ3) is 23.2. The second-order valence-corrected chi connectivity index (χ2v) is 39.7. The van der Waals surface area contributed by atoms with E-state index < -0.39 is 0 Å². The normalized spacial score (nSPS) is 12.1. The van der Waals surface area contributed by atoms with Crippen molar-refractivity contribution in [1.82, 2.24) is 0 Å². The first-order chi connectivity index (χ1) is 70.0. The summed E-state index contributed by atoms with van der Waals surface area (Å²) in [5.74, 6) is 0. The Kier molecular flexibility index (Phi) is 29.3. The van der Waals surface area contributed by atoms with E-state index in [9.17, 15) is 0 Å². The third-order valence-corrected chi connectivity index (χ3v) is 29.7. The Morgan fingerprint density at radius 3 is 0.776 bits per heavy atom. The first-order valence-electron chi connectivity index (χ1n) is 51.5. The van der Waals surface area contributed by atoms with E-state index in [1.54, 1.807) is 16.7 Å². The zero-order valence-electron chi connectivity index (χ0n) is 84.1. The van der Waals surface area contributed by atoms with Gasteiger partial charge in [-0.25, -0.2) is 0 Å². The maximum absolute atomic E-state index is 2.45. The molecule has 23 rings (SSSR count). The van der Waals surface area contributed by atoms with Crippen LogP contribution >= 0.6 is 0 Å². The molecule has 704 valence electrons. The number of hydrogen-bond acceptors (Lipinski definition) is 4. The molecule has 143 heavy (non-hydrogen) atoms. The predicted molar refractivity (Wildman–Crippen MR) is 614 cm³/mol. The fourth-order valence-corrected chi connectivity index (χ4v) is 20.2. The van der Waals surface area contributed by atoms with Gasteiger partial charge in [0.25, 0.3) is 0 Å². The van der Waals surface area contributed by atoms with Crippen molar-refractivity contribution in [1.29, 1.82) is 0 Å². The lowest BCUT2D eigenvalue weighted by molar-refractivity contribution is 0.613. The Hall–Kier alpha value is -15.9. The molecular formula is C139H128N4. The largest absolute Gasteiger partial charge is 0.345 e. The summed E-state index contributed by atoms with van der Waals surface area (Å²) in [5, 5.41) is 0. The number of unbranched alkanes of at least 4 members (excludes halogenated alkanes) is 4. The number of aryl methyl sites for hydroxylation is 14. The topological polar surface area (TPSA) is 13.0 Å². The first kappa shape index (κ1) is 94.7. The summed E-state index contributed by atoms with van der Waals surface area (Å²) in [7, 11) is 8.60. The molecule has 0 heterocycles. The summed E-state index contributed by atoms with van der Waals surface area (Å²) in [4.78, 5) is 9.09. The van der Waals surface area contributed by atoms with Crippen molar-refractivity contribution in [2.24, 2.45) is 0 Å². The lowest BCUT2D eigenvalue weighted by Crippen LogP contribution is -2.09. The number of fused-ring (bicyclic) bond motifs is 4. The monoisotopic (exact) mass is 1850 g/mol. The van der Waals surface area contributed by atoms with Gasteiger partial charge in [0.05, 0.1) is 0 Å². The van der Waals surface area contributed by atoms with Gasteiger partial charge in [-0.3, -0.25) is 0 Å². The fourth-order valence-electron chi connectivity index (χ4n) is 20.2. The lowest BCUT2D eigenvalue weighted by atomic mass is 9.86. The van der Waals surface area contributed by atoms with Gasteiger partial charge in [-0.15, -0.1) is 0 Å². The number of nitrogens with zero attached hydrogens (tertiary/aromatic N) is 4. The van der Waals surface area contributed by atoms with Crippen molar-refractivity contribution >= 4 is 57.7 Å². The minimum atomic E-state index is 1.17. The molecule has 0 unspecified atom stereocenters. The highest BCUT2D eigenvalue weighted by Gasteiger charge is 2.21. The second-order valence-electron chi connectivity index (χ2n) is 39.7. The van der Waals surface area contributed by atoms with E-state index in [0.717, 1.165) is 0 Å². The number of hydrogen-bond donors (Lipinski definition) is 0. The molecular weight excluding hydrogens is 1730 g/mol. The average Bonchev–Trinajstić information content (AvgIpc) is 0.793. The van der Waals surface area contributed by atoms with Crippen LogP contribution in [0.4, 0.5) is 45.5 Å². The average molecular weight is 1850 g/mol. The highest BCUT2D eigenvalue weighted by molar-refractivity contribution is 5.84. The van der Waals surface area contributed by atoms with Gasteiger partial charge in [0.1, 0.15) is 0 Å². The molecule has 0 spiro atoms. The zero-order chi connectivity index (χ0) is 97.5. The molecule has 19 aromatic rings. The fraction of sp³-hybridized carbons (Fsp3) is 0.165. The molecule has 0 N–H and O–H groups in total. The SMILES string of the molecule is Cc1ccc(-c2ccc(N(C)c3cccc(-c4cccc(/C=C/c5ccc6c(c5)CC6)c4)c3)cc2)cc1.Cc1ccc(-c2ccc(N(C)c3cccc(CCCCCCCc4ccc5c(c4)CC5)c3)cc2)cc1.Cc1ccc(-c2cccc(-c3cccc(N(C)c4cccc(-c5ccc6c(c5)CC6)c4)c3)c2)cc1.Cc1cccc(-c2cccc(-c3cccc(N(C)c4cccc(-c5ccc6c(c5)CC6)c4)c3)c2)c1. The minimum Gasteiger partial charge on any atom is -0.345 e. The van der Waals surface area contributed by atoms with Crippen molar-refractivity contribution in [3.63, 3.8) is 0 Å². The Morgan fingerprint density at radius 1 is 0.161 bits per heavy atom. The summed E-state index contributed by atoms with van der Waals surface area (Å²) in [6.45, 7) is 8.52. The Balaban J connectivity index is 0.000000117. The van der Waals surface area contributed by atoms with Crippen molar-refractivity contribution in [2.75, 3.05) is 47.8 Å². The zero-order valence-corrected chi connectivity index (χ0v) is 84.1. The Morgan fingerprint density at radius 2 is 0.413 bits per heavy atom. The van der Waals surface area contributed by atoms with Gasteiger partial charge < -0.3 is 19.6 Å². The van der Waals surface area contributed by atoms with Crippen LogP contribution in [0.5, 0.6) is 0 Å². The van der Waals surface area contributed by atoms with Crippen LogP contribution in [-0.2, 0) is 64.2 Å². The van der Waals surface area contributed by atoms with Gasteiger partial charge >= 0.3 is 0 Å². The van der Waals surface area contributed by atoms with Crippen LogP contribution in [0.1, 0.15) is 121 Å². The Labute approximate surface area is 849 Å². The van der Waals surface area contributed by atoms with E-state index in [-0.39, 0.29) is 0 Å². The van der Waals surface area contributed by atoms with Crippen LogP contribution in [0.2, 0.25) is 0 Å². The smallest absolute Gasteiger partial charge is 0.0414 e. The molecule has 0 radical (unpaired) electrons. The van der Waals surface area contributed by atoms with Gasteiger partial charge in [-0.05, 0) is 387 Å². The van der Waals surface area contributed by atoms with Gasteiger partial charge in [0, 0.05) is 73.7 Å². The van der Waals surface area contributed by atoms with Crippen molar-refractivity contribution < 1.29 is 0 Å². The van der Waals surface area contributed by atoms with Crippen molar-refractivity contribution in [2.45, 2.75) is 124 Å². The van der Waals surface area contributed by atoms with Crippen LogP contribution < -0.4 is 19.6 Å². The number of benzene rings is 19. The van der Waals surface area contributed by atoms with Crippen molar-refractivity contribution in [3.05, 3.63) is 526 Å². The second kappa shape index (κ2) is 44.3. The summed E-state index contributed by atoms with van der Waals surface area (Å²) >= 11 is 0. The summed E-state index contributed by atoms with van der Waals surface area (Å²) < 4.78 is 0. The molecule has 4 aliphatic rings. The molecule has 4 aliphatic carbocycles. The molecule has 0 fully saturated rings. The molecule has 0 saturated carbocycles. The van der Waals surface area contributed by atoms with Crippen LogP contribution in [0.15, 0.2) is 437 Å². The Bertz CT molecular complexity index is 7700. The molecule has 0 aromatic heterocycles. The van der Waals surface area contributed by atoms with E-state index >= 15 is 0 Å². The van der Waals surface area contributed by atoms with Crippen LogP contribution in [0.25, 0.3) is 112 Å². The molecule has 0 bridgehead atoms. The van der Waals surface area contributed by atoms with Gasteiger partial charge in [0.2, 0.25) is 0 Å². The van der Waals surface area contributed by atoms with E-state index in [0.29, 0.717) is 0 Å². The molecule has 19 aromatic carbocycles. The molecule has 0 saturated heterocycles. The maximum atomic E-state index is 2.45. The lowest BCUT2D eigenvalue weighted by Gasteiger charge is -2.22. The van der Waals surface area contributed by atoms with Gasteiger partial charge in [0.15, 0.2) is 0 Å². The van der Waals surface area contributed by atoms with Crippen molar-refractivity contribution in [3.8, 4) is 100 Å². The van der Waals surface area contributed by atoms with E-state index in [2.05, 4.69) is 524 Å². The van der Waals surface area contributed by atoms with E-state index in [1.807, 2.05) is 0 Å². The number of rotatable bonds is 27. The molecule has 4 heteroatoms. The highest BCUT2D eigenvalue weighted by atomic mass is 15.1. The molecule has 0 amide bonds. The summed E-state index contributed by atoms with van der Waals surface area (Å²) in [6, 6.07) is 160. The van der Waals surface area contributed by atoms with Gasteiger partial charge in [-0.1, -0.05) is 375 Å². The molecule has 0 atom stereocenters. The van der Waals surface area contributed by atoms with E-state index in [1.165, 1.54) is 314 Å². The van der Waals surface area contributed by atoms with E-state index in [4.69, 9.17) is 0 Å². The number of anilines is 8. The quantitative estimate of drug-likeness (QED) is 0.0376. The van der Waals surface area contributed by atoms with Crippen LogP contribution in [0, 0.1) is 27.7 Å². The highest BCUT2D eigenvalue weighted by Crippen LogP contribution is 2.41. The van der Waals surface area contributed by atoms with Crippen LogP contribution in [-0.4, -0.2) is 28.2 Å². The molecule has 0 aliphatic heterocycles. The summed E-state index contributed by atoms with van der Waals surface area (Å²) in [5.41, 5.74) is 54.9. The molecule has 4 nitrogen and oxygen atoms in total. The van der Waals surface area contributed by atoms with Crippen LogP contribution in [0.3, 0.4) is 0 Å². The first-order valence-corrected chi connectivity index (χ1v) is 51.5. The summed E-state index contributed by atoms with van der Waals surface area (Å²) in [6.07, 6.45) is 23.4. The maximum Gasteiger partial charge on any atom is 0.0414 e. The van der Waals surface area contributed by atoms with Gasteiger partial charge in [-0.2, -0.15) is 0 Å². The minimum absolute atomic E-state index is 1.17. The predicted octanol–water partition coefficient (Wildman–Crippen LogP) is 36.4. The third-order valence-electron chi connectivity index (χ3n) is 29.7.